The minimum absolute atomic E-state index is 0.0510. The monoisotopic (exact) mass is 339 g/mol. The lowest BCUT2D eigenvalue weighted by Crippen LogP contribution is -2.39. The van der Waals surface area contributed by atoms with Gasteiger partial charge in [0.05, 0.1) is 6.61 Å². The fraction of sp³-hybridized carbons (Fsp3) is 0.842. The smallest absolute Gasteiger partial charge is 0.286 e. The second-order valence-electron chi connectivity index (χ2n) is 8.04. The molecule has 1 aliphatic heterocycles. The van der Waals surface area contributed by atoms with E-state index in [1.54, 1.807) is 0 Å². The summed E-state index contributed by atoms with van der Waals surface area (Å²) in [6.45, 7) is 7.24. The second kappa shape index (κ2) is 8.86. The summed E-state index contributed by atoms with van der Waals surface area (Å²) >= 11 is 0. The van der Waals surface area contributed by atoms with E-state index in [-0.39, 0.29) is 36.2 Å². The molecule has 1 amide bonds. The number of nitrogens with one attached hydrogen (secondary N) is 1. The highest BCUT2D eigenvalue weighted by Crippen LogP contribution is 2.36. The number of rotatable bonds is 7. The predicted octanol–water partition coefficient (Wildman–Crippen LogP) is 3.13. The number of allylic oxidation sites excluding steroid dienone is 1. The van der Waals surface area contributed by atoms with Gasteiger partial charge in [-0.25, -0.2) is 0 Å². The van der Waals surface area contributed by atoms with Crippen LogP contribution in [0.2, 0.25) is 0 Å². The topological polar surface area (TPSA) is 67.8 Å². The lowest BCUT2D eigenvalue weighted by molar-refractivity contribution is -0.153. The number of amides is 1. The maximum Gasteiger partial charge on any atom is 0.286 e. The first-order valence-corrected chi connectivity index (χ1v) is 9.32. The van der Waals surface area contributed by atoms with Crippen molar-refractivity contribution in [3.8, 4) is 0 Å². The largest absolute Gasteiger partial charge is 0.459 e. The number of ether oxygens (including phenoxy) is 2. The molecule has 1 aliphatic carbocycles. The molecule has 2 N–H and O–H groups in total. The Kier molecular flexibility index (Phi) is 7.11. The minimum atomic E-state index is -0.387. The third kappa shape index (κ3) is 5.78. The van der Waals surface area contributed by atoms with Gasteiger partial charge in [-0.2, -0.15) is 0 Å². The van der Waals surface area contributed by atoms with Crippen LogP contribution in [0.15, 0.2) is 11.8 Å². The molecular weight excluding hydrogens is 306 g/mol. The second-order valence-corrected chi connectivity index (χ2v) is 8.04. The van der Waals surface area contributed by atoms with Crippen molar-refractivity contribution in [2.45, 2.75) is 78.0 Å². The van der Waals surface area contributed by atoms with Gasteiger partial charge in [-0.15, -0.1) is 0 Å². The average molecular weight is 339 g/mol. The van der Waals surface area contributed by atoms with E-state index in [0.29, 0.717) is 12.4 Å². The molecule has 5 nitrogen and oxygen atoms in total. The summed E-state index contributed by atoms with van der Waals surface area (Å²) in [5.74, 6) is 0.526. The van der Waals surface area contributed by atoms with Crippen molar-refractivity contribution in [1.29, 1.82) is 0 Å². The van der Waals surface area contributed by atoms with Gasteiger partial charge in [0, 0.05) is 19.1 Å². The summed E-state index contributed by atoms with van der Waals surface area (Å²) in [7, 11) is 0. The van der Waals surface area contributed by atoms with Gasteiger partial charge in [0.25, 0.3) is 5.91 Å². The number of hydrogen-bond acceptors (Lipinski definition) is 4. The fourth-order valence-electron chi connectivity index (χ4n) is 3.28. The number of aliphatic hydroxyl groups excluding tert-OH is 1. The standard InChI is InChI=1S/C19H33NO4/c1-19(2,3)14-12-16(18(22)20-15-8-4-5-9-15)24-17(13-14)23-11-7-6-10-21/h12,14-15,17,21H,4-11,13H2,1-3H3,(H,20,22)/t14-,17+/m1/s1. The van der Waals surface area contributed by atoms with Crippen LogP contribution in [0.4, 0.5) is 0 Å². The highest BCUT2D eigenvalue weighted by Gasteiger charge is 2.34. The molecule has 2 aliphatic rings. The molecule has 0 radical (unpaired) electrons. The highest BCUT2D eigenvalue weighted by molar-refractivity contribution is 5.91. The third-order valence-corrected chi connectivity index (χ3v) is 4.94. The number of carbonyl (C=O) groups is 1. The molecule has 0 saturated heterocycles. The van der Waals surface area contributed by atoms with E-state index in [0.717, 1.165) is 32.1 Å². The summed E-state index contributed by atoms with van der Waals surface area (Å²) in [5, 5.41) is 12.0. The molecule has 1 saturated carbocycles. The molecule has 2 rings (SSSR count). The van der Waals surface area contributed by atoms with Crippen molar-refractivity contribution in [2.75, 3.05) is 13.2 Å². The van der Waals surface area contributed by atoms with Crippen LogP contribution in [0.5, 0.6) is 0 Å². The molecule has 0 aromatic carbocycles. The minimum Gasteiger partial charge on any atom is -0.459 e. The summed E-state index contributed by atoms with van der Waals surface area (Å²) in [4.78, 5) is 12.6. The predicted molar refractivity (Wildman–Crippen MR) is 93.2 cm³/mol. The maximum atomic E-state index is 12.6. The van der Waals surface area contributed by atoms with Crippen molar-refractivity contribution in [1.82, 2.24) is 5.32 Å². The Bertz CT molecular complexity index is 435. The molecule has 1 heterocycles. The Hall–Kier alpha value is -1.07. The summed E-state index contributed by atoms with van der Waals surface area (Å²) < 4.78 is 11.6. The van der Waals surface area contributed by atoms with Gasteiger partial charge in [-0.05, 0) is 43.1 Å². The first kappa shape index (κ1) is 19.3. The molecule has 5 heteroatoms. The van der Waals surface area contributed by atoms with Gasteiger partial charge in [-0.3, -0.25) is 4.79 Å². The van der Waals surface area contributed by atoms with Crippen LogP contribution in [-0.2, 0) is 14.3 Å². The van der Waals surface area contributed by atoms with Gasteiger partial charge < -0.3 is 19.9 Å². The van der Waals surface area contributed by atoms with Crippen LogP contribution in [0.3, 0.4) is 0 Å². The number of hydrogen-bond donors (Lipinski definition) is 2. The number of aliphatic hydroxyl groups is 1. The number of carbonyl (C=O) groups excluding carboxylic acids is 1. The zero-order valence-electron chi connectivity index (χ0n) is 15.3. The SMILES string of the molecule is CC(C)(C)[C@@H]1C=C(C(=O)NC2CCCC2)O[C@H](OCCCCO)C1. The molecule has 2 atom stereocenters. The van der Waals surface area contributed by atoms with Crippen molar-refractivity contribution < 1.29 is 19.4 Å². The lowest BCUT2D eigenvalue weighted by Gasteiger charge is -2.36. The van der Waals surface area contributed by atoms with E-state index in [2.05, 4.69) is 26.1 Å². The quantitative estimate of drug-likeness (QED) is 0.699. The Balaban J connectivity index is 1.97. The Morgan fingerprint density at radius 1 is 1.33 bits per heavy atom. The fourth-order valence-corrected chi connectivity index (χ4v) is 3.28. The van der Waals surface area contributed by atoms with E-state index in [4.69, 9.17) is 14.6 Å². The van der Waals surface area contributed by atoms with E-state index in [1.165, 1.54) is 12.8 Å². The highest BCUT2D eigenvalue weighted by atomic mass is 16.7. The van der Waals surface area contributed by atoms with Crippen LogP contribution in [0.25, 0.3) is 0 Å². The van der Waals surface area contributed by atoms with Crippen LogP contribution in [-0.4, -0.2) is 36.6 Å². The first-order valence-electron chi connectivity index (χ1n) is 9.32. The molecule has 0 unspecified atom stereocenters. The van der Waals surface area contributed by atoms with Crippen LogP contribution >= 0.6 is 0 Å². The van der Waals surface area contributed by atoms with Gasteiger partial charge in [-0.1, -0.05) is 33.6 Å². The molecule has 24 heavy (non-hydrogen) atoms. The van der Waals surface area contributed by atoms with Crippen molar-refractivity contribution >= 4 is 5.91 Å². The van der Waals surface area contributed by atoms with Crippen molar-refractivity contribution in [2.24, 2.45) is 11.3 Å². The Morgan fingerprint density at radius 3 is 2.67 bits per heavy atom. The zero-order chi connectivity index (χ0) is 17.6. The third-order valence-electron chi connectivity index (χ3n) is 4.94. The Labute approximate surface area is 145 Å². The number of unbranched alkanes of at least 4 members (excludes halogenated alkanes) is 1. The zero-order valence-corrected chi connectivity index (χ0v) is 15.3. The average Bonchev–Trinajstić information content (AvgIpc) is 3.03. The van der Waals surface area contributed by atoms with Crippen LogP contribution in [0, 0.1) is 11.3 Å². The van der Waals surface area contributed by atoms with E-state index < -0.39 is 0 Å². The molecule has 1 fully saturated rings. The normalized spacial score (nSPS) is 25.2. The van der Waals surface area contributed by atoms with Crippen molar-refractivity contribution in [3.05, 3.63) is 11.8 Å². The van der Waals surface area contributed by atoms with Gasteiger partial charge >= 0.3 is 0 Å². The molecule has 0 spiro atoms. The maximum absolute atomic E-state index is 12.6. The van der Waals surface area contributed by atoms with E-state index >= 15 is 0 Å². The van der Waals surface area contributed by atoms with E-state index in [1.807, 2.05) is 6.08 Å². The molecule has 0 aromatic rings. The molecule has 0 aromatic heterocycles. The lowest BCUT2D eigenvalue weighted by atomic mass is 9.77. The first-order chi connectivity index (χ1) is 11.4. The Morgan fingerprint density at radius 2 is 2.04 bits per heavy atom. The van der Waals surface area contributed by atoms with Crippen molar-refractivity contribution in [3.63, 3.8) is 0 Å². The van der Waals surface area contributed by atoms with Gasteiger partial charge in [0.2, 0.25) is 6.29 Å². The van der Waals surface area contributed by atoms with Crippen LogP contribution < -0.4 is 5.32 Å². The van der Waals surface area contributed by atoms with Gasteiger partial charge in [0.1, 0.15) is 0 Å². The van der Waals surface area contributed by atoms with E-state index in [9.17, 15) is 4.79 Å². The summed E-state index contributed by atoms with van der Waals surface area (Å²) in [6.07, 6.45) is 8.34. The molecule has 138 valence electrons. The van der Waals surface area contributed by atoms with Gasteiger partial charge in [0.15, 0.2) is 5.76 Å². The molecule has 0 bridgehead atoms. The summed E-state index contributed by atoms with van der Waals surface area (Å²) in [5.41, 5.74) is 0.0510. The van der Waals surface area contributed by atoms with Crippen LogP contribution in [0.1, 0.15) is 65.7 Å². The summed E-state index contributed by atoms with van der Waals surface area (Å²) in [6, 6.07) is 0.279. The molecular formula is C19H33NO4.